The predicted molar refractivity (Wildman–Crippen MR) is 68.0 cm³/mol. The van der Waals surface area contributed by atoms with E-state index in [0.29, 0.717) is 13.0 Å². The van der Waals surface area contributed by atoms with Gasteiger partial charge in [0.15, 0.2) is 0 Å². The van der Waals surface area contributed by atoms with E-state index >= 15 is 0 Å². The Morgan fingerprint density at radius 3 is 2.70 bits per heavy atom. The van der Waals surface area contributed by atoms with Crippen LogP contribution < -0.4 is 5.32 Å². The zero-order valence-corrected chi connectivity index (χ0v) is 11.4. The summed E-state index contributed by atoms with van der Waals surface area (Å²) in [6, 6.07) is -1.55. The van der Waals surface area contributed by atoms with Crippen molar-refractivity contribution in [2.45, 2.75) is 38.3 Å². The fourth-order valence-corrected chi connectivity index (χ4v) is 2.04. The Hall–Kier alpha value is -1.83. The molecule has 1 saturated heterocycles. The number of likely N-dealkylation sites (tertiary alicyclic amines) is 1. The maximum absolute atomic E-state index is 11.8. The lowest BCUT2D eigenvalue weighted by Crippen LogP contribution is -2.46. The molecule has 8 nitrogen and oxygen atoms in total. The molecule has 114 valence electrons. The van der Waals surface area contributed by atoms with Crippen LogP contribution in [0.15, 0.2) is 0 Å². The number of hydrogen-bond acceptors (Lipinski definition) is 5. The summed E-state index contributed by atoms with van der Waals surface area (Å²) in [6.07, 6.45) is -0.176. The Morgan fingerprint density at radius 1 is 1.40 bits per heavy atom. The fourth-order valence-electron chi connectivity index (χ4n) is 2.04. The Morgan fingerprint density at radius 2 is 2.10 bits per heavy atom. The van der Waals surface area contributed by atoms with E-state index in [1.165, 1.54) is 0 Å². The molecule has 0 spiro atoms. The van der Waals surface area contributed by atoms with Gasteiger partial charge in [0, 0.05) is 25.9 Å². The number of amides is 2. The second kappa shape index (κ2) is 7.68. The van der Waals surface area contributed by atoms with E-state index in [0.717, 1.165) is 4.90 Å². The van der Waals surface area contributed by atoms with Crippen LogP contribution in [0.3, 0.4) is 0 Å². The highest BCUT2D eigenvalue weighted by molar-refractivity contribution is 5.83. The third kappa shape index (κ3) is 4.69. The second-order valence-electron chi connectivity index (χ2n) is 4.54. The van der Waals surface area contributed by atoms with Crippen LogP contribution in [0.25, 0.3) is 0 Å². The molecule has 3 N–H and O–H groups in total. The smallest absolute Gasteiger partial charge is 0.326 e. The monoisotopic (exact) mass is 288 g/mol. The number of aliphatic carboxylic acids is 1. The fraction of sp³-hybridized carbons (Fsp3) is 0.750. The Labute approximate surface area is 116 Å². The summed E-state index contributed by atoms with van der Waals surface area (Å²) >= 11 is 0. The molecule has 0 aromatic rings. The van der Waals surface area contributed by atoms with Crippen LogP contribution in [0, 0.1) is 0 Å². The first-order chi connectivity index (χ1) is 9.45. The molecule has 1 aliphatic rings. The second-order valence-corrected chi connectivity index (χ2v) is 4.54. The number of ether oxygens (including phenoxy) is 1. The number of hydrogen-bond donors (Lipinski definition) is 3. The SMILES string of the molecule is CCOC(=O)CCCNC(=O)N1C[C@H](O)C[C@H]1C(=O)O. The predicted octanol–water partition coefficient (Wildman–Crippen LogP) is -0.441. The zero-order valence-electron chi connectivity index (χ0n) is 11.4. The van der Waals surface area contributed by atoms with Gasteiger partial charge in [0.2, 0.25) is 0 Å². The van der Waals surface area contributed by atoms with E-state index in [-0.39, 0.29) is 31.9 Å². The van der Waals surface area contributed by atoms with E-state index in [1.54, 1.807) is 6.92 Å². The maximum atomic E-state index is 11.8. The van der Waals surface area contributed by atoms with Gasteiger partial charge in [-0.15, -0.1) is 0 Å². The van der Waals surface area contributed by atoms with Gasteiger partial charge < -0.3 is 25.2 Å². The number of aliphatic hydroxyl groups is 1. The average Bonchev–Trinajstić information content (AvgIpc) is 2.77. The first-order valence-electron chi connectivity index (χ1n) is 6.56. The summed E-state index contributed by atoms with van der Waals surface area (Å²) in [6.45, 7) is 2.28. The zero-order chi connectivity index (χ0) is 15.1. The van der Waals surface area contributed by atoms with Crippen molar-refractivity contribution in [3.05, 3.63) is 0 Å². The van der Waals surface area contributed by atoms with Crippen molar-refractivity contribution in [2.24, 2.45) is 0 Å². The number of carboxylic acids is 1. The summed E-state index contributed by atoms with van der Waals surface area (Å²) in [5.74, 6) is -1.47. The number of nitrogens with one attached hydrogen (secondary N) is 1. The average molecular weight is 288 g/mol. The number of β-amino-alcohol motifs (C(OH)–C–C–N with tert-alkyl or cyclic N) is 1. The molecular formula is C12H20N2O6. The molecule has 1 heterocycles. The summed E-state index contributed by atoms with van der Waals surface area (Å²) in [5, 5.41) is 20.9. The molecule has 0 bridgehead atoms. The number of nitrogens with zero attached hydrogens (tertiary/aromatic N) is 1. The van der Waals surface area contributed by atoms with Crippen LogP contribution in [0.5, 0.6) is 0 Å². The lowest BCUT2D eigenvalue weighted by Gasteiger charge is -2.21. The van der Waals surface area contributed by atoms with E-state index < -0.39 is 24.1 Å². The van der Waals surface area contributed by atoms with Crippen LogP contribution in [0.2, 0.25) is 0 Å². The molecule has 8 heteroatoms. The van der Waals surface area contributed by atoms with Crippen molar-refractivity contribution in [1.82, 2.24) is 10.2 Å². The van der Waals surface area contributed by atoms with Gasteiger partial charge in [-0.1, -0.05) is 0 Å². The molecule has 1 rings (SSSR count). The summed E-state index contributed by atoms with van der Waals surface area (Å²) in [5.41, 5.74) is 0. The van der Waals surface area contributed by atoms with Crippen molar-refractivity contribution < 1.29 is 29.3 Å². The largest absolute Gasteiger partial charge is 0.480 e. The molecule has 1 aliphatic heterocycles. The van der Waals surface area contributed by atoms with Crippen molar-refractivity contribution in [2.75, 3.05) is 19.7 Å². The minimum Gasteiger partial charge on any atom is -0.480 e. The quantitative estimate of drug-likeness (QED) is 0.450. The van der Waals surface area contributed by atoms with Crippen LogP contribution >= 0.6 is 0 Å². The van der Waals surface area contributed by atoms with Gasteiger partial charge in [0.05, 0.1) is 12.7 Å². The van der Waals surface area contributed by atoms with Crippen molar-refractivity contribution in [3.63, 3.8) is 0 Å². The van der Waals surface area contributed by atoms with Crippen LogP contribution in [0.4, 0.5) is 4.79 Å². The number of esters is 1. The molecule has 0 aliphatic carbocycles. The number of carbonyl (C=O) groups is 3. The summed E-state index contributed by atoms with van der Waals surface area (Å²) in [4.78, 5) is 34.9. The van der Waals surface area contributed by atoms with Gasteiger partial charge in [-0.05, 0) is 13.3 Å². The molecule has 2 amide bonds. The molecule has 0 radical (unpaired) electrons. The van der Waals surface area contributed by atoms with Gasteiger partial charge >= 0.3 is 18.0 Å². The molecule has 0 unspecified atom stereocenters. The Bertz CT molecular complexity index is 373. The van der Waals surface area contributed by atoms with E-state index in [4.69, 9.17) is 9.84 Å². The van der Waals surface area contributed by atoms with E-state index in [2.05, 4.69) is 5.32 Å². The maximum Gasteiger partial charge on any atom is 0.326 e. The van der Waals surface area contributed by atoms with E-state index in [1.807, 2.05) is 0 Å². The van der Waals surface area contributed by atoms with E-state index in [9.17, 15) is 19.5 Å². The minimum atomic E-state index is -1.14. The van der Waals surface area contributed by atoms with Crippen LogP contribution in [-0.2, 0) is 14.3 Å². The van der Waals surface area contributed by atoms with Gasteiger partial charge in [-0.2, -0.15) is 0 Å². The van der Waals surface area contributed by atoms with Crippen molar-refractivity contribution >= 4 is 18.0 Å². The Balaban J connectivity index is 2.31. The lowest BCUT2D eigenvalue weighted by atomic mass is 10.2. The molecule has 1 fully saturated rings. The summed E-state index contributed by atoms with van der Waals surface area (Å²) < 4.78 is 4.74. The molecular weight excluding hydrogens is 268 g/mol. The highest BCUT2D eigenvalue weighted by Crippen LogP contribution is 2.17. The van der Waals surface area contributed by atoms with Gasteiger partial charge in [0.25, 0.3) is 0 Å². The normalized spacial score (nSPS) is 21.6. The van der Waals surface area contributed by atoms with Gasteiger partial charge in [-0.3, -0.25) is 4.79 Å². The van der Waals surface area contributed by atoms with Crippen molar-refractivity contribution in [3.8, 4) is 0 Å². The number of aliphatic hydroxyl groups excluding tert-OH is 1. The number of carbonyl (C=O) groups excluding carboxylic acids is 2. The molecule has 0 aromatic carbocycles. The third-order valence-corrected chi connectivity index (χ3v) is 2.96. The van der Waals surface area contributed by atoms with Crippen molar-refractivity contribution in [1.29, 1.82) is 0 Å². The highest BCUT2D eigenvalue weighted by Gasteiger charge is 2.38. The first kappa shape index (κ1) is 16.2. The highest BCUT2D eigenvalue weighted by atomic mass is 16.5. The molecule has 0 aromatic heterocycles. The van der Waals surface area contributed by atoms with Gasteiger partial charge in [0.1, 0.15) is 6.04 Å². The summed E-state index contributed by atoms with van der Waals surface area (Å²) in [7, 11) is 0. The standard InChI is InChI=1S/C12H20N2O6/c1-2-20-10(16)4-3-5-13-12(19)14-7-8(15)6-9(14)11(17)18/h8-9,15H,2-7H2,1H3,(H,13,19)(H,17,18)/t8-,9+/m1/s1. The number of urea groups is 1. The Kier molecular flexibility index (Phi) is 6.23. The minimum absolute atomic E-state index is 0.000671. The molecule has 20 heavy (non-hydrogen) atoms. The van der Waals surface area contributed by atoms with Crippen LogP contribution in [0.1, 0.15) is 26.2 Å². The lowest BCUT2D eigenvalue weighted by molar-refractivity contribution is -0.143. The number of rotatable bonds is 6. The third-order valence-electron chi connectivity index (χ3n) is 2.96. The molecule has 0 saturated carbocycles. The number of carboxylic acid groups (broad SMARTS) is 1. The molecule has 2 atom stereocenters. The van der Waals surface area contributed by atoms with Crippen LogP contribution in [-0.4, -0.2) is 64.9 Å². The first-order valence-corrected chi connectivity index (χ1v) is 6.56. The van der Waals surface area contributed by atoms with Gasteiger partial charge in [-0.25, -0.2) is 9.59 Å². The topological polar surface area (TPSA) is 116 Å².